The van der Waals surface area contributed by atoms with Crippen molar-refractivity contribution in [1.29, 1.82) is 0 Å². The number of nitrogens with one attached hydrogen (secondary N) is 3. The van der Waals surface area contributed by atoms with Crippen LogP contribution in [0.1, 0.15) is 18.2 Å². The first-order valence-electron chi connectivity index (χ1n) is 6.49. The van der Waals surface area contributed by atoms with E-state index >= 15 is 0 Å². The molecule has 21 heavy (non-hydrogen) atoms. The lowest BCUT2D eigenvalue weighted by Gasteiger charge is -2.07. The Morgan fingerprint density at radius 1 is 1.33 bits per heavy atom. The normalized spacial score (nSPS) is 10.4. The van der Waals surface area contributed by atoms with Crippen LogP contribution in [0.3, 0.4) is 0 Å². The van der Waals surface area contributed by atoms with Crippen molar-refractivity contribution in [2.45, 2.75) is 20.3 Å². The SMILES string of the molecule is CCOC(=O)NNC(=O)Cc1c(C)[nH]c2ccc(F)cc12. The quantitative estimate of drug-likeness (QED) is 0.756. The predicted molar refractivity (Wildman–Crippen MR) is 75.0 cm³/mol. The van der Waals surface area contributed by atoms with Gasteiger partial charge in [0.1, 0.15) is 5.82 Å². The summed E-state index contributed by atoms with van der Waals surface area (Å²) in [5.74, 6) is -0.788. The largest absolute Gasteiger partial charge is 0.449 e. The number of hydrazine groups is 1. The Kier molecular flexibility index (Phi) is 4.42. The maximum absolute atomic E-state index is 13.3. The Bertz CT molecular complexity index is 681. The summed E-state index contributed by atoms with van der Waals surface area (Å²) in [6, 6.07) is 4.35. The number of aryl methyl sites for hydroxylation is 1. The first-order valence-corrected chi connectivity index (χ1v) is 6.49. The number of rotatable bonds is 3. The van der Waals surface area contributed by atoms with Crippen LogP contribution in [0, 0.1) is 12.7 Å². The number of aromatic amines is 1. The second-order valence-electron chi connectivity index (χ2n) is 4.49. The molecule has 0 aliphatic heterocycles. The third-order valence-corrected chi connectivity index (χ3v) is 3.00. The zero-order valence-electron chi connectivity index (χ0n) is 11.7. The first kappa shape index (κ1) is 14.8. The highest BCUT2D eigenvalue weighted by Gasteiger charge is 2.13. The summed E-state index contributed by atoms with van der Waals surface area (Å²) in [4.78, 5) is 26.0. The molecule has 1 aromatic heterocycles. The van der Waals surface area contributed by atoms with Crippen LogP contribution in [0.2, 0.25) is 0 Å². The van der Waals surface area contributed by atoms with Crippen molar-refractivity contribution in [3.8, 4) is 0 Å². The highest BCUT2D eigenvalue weighted by molar-refractivity contribution is 5.90. The number of carbonyl (C=O) groups is 2. The van der Waals surface area contributed by atoms with Gasteiger partial charge in [0, 0.05) is 16.6 Å². The molecule has 3 N–H and O–H groups in total. The summed E-state index contributed by atoms with van der Waals surface area (Å²) in [5.41, 5.74) is 6.60. The third-order valence-electron chi connectivity index (χ3n) is 3.00. The van der Waals surface area contributed by atoms with E-state index in [1.165, 1.54) is 12.1 Å². The molecule has 0 atom stereocenters. The van der Waals surface area contributed by atoms with E-state index in [9.17, 15) is 14.0 Å². The van der Waals surface area contributed by atoms with E-state index in [4.69, 9.17) is 0 Å². The number of ether oxygens (including phenoxy) is 1. The number of benzene rings is 1. The lowest BCUT2D eigenvalue weighted by atomic mass is 10.1. The maximum atomic E-state index is 13.3. The molecule has 1 heterocycles. The molecule has 0 spiro atoms. The fourth-order valence-corrected chi connectivity index (χ4v) is 2.08. The summed E-state index contributed by atoms with van der Waals surface area (Å²) in [6.45, 7) is 3.67. The molecule has 112 valence electrons. The average Bonchev–Trinajstić information content (AvgIpc) is 2.73. The van der Waals surface area contributed by atoms with Crippen molar-refractivity contribution < 1.29 is 18.7 Å². The van der Waals surface area contributed by atoms with Crippen LogP contribution in [-0.4, -0.2) is 23.6 Å². The van der Waals surface area contributed by atoms with Gasteiger partial charge in [-0.3, -0.25) is 10.2 Å². The minimum Gasteiger partial charge on any atom is -0.449 e. The Hall–Kier alpha value is -2.57. The van der Waals surface area contributed by atoms with E-state index in [-0.39, 0.29) is 18.8 Å². The number of halogens is 1. The van der Waals surface area contributed by atoms with Gasteiger partial charge in [-0.1, -0.05) is 0 Å². The molecule has 0 aliphatic carbocycles. The molecule has 6 nitrogen and oxygen atoms in total. The minimum absolute atomic E-state index is 0.0156. The van der Waals surface area contributed by atoms with E-state index in [1.807, 2.05) is 0 Å². The van der Waals surface area contributed by atoms with Crippen molar-refractivity contribution >= 4 is 22.9 Å². The van der Waals surface area contributed by atoms with Crippen LogP contribution < -0.4 is 10.9 Å². The molecule has 2 rings (SSSR count). The van der Waals surface area contributed by atoms with Crippen molar-refractivity contribution in [2.24, 2.45) is 0 Å². The van der Waals surface area contributed by atoms with E-state index < -0.39 is 12.0 Å². The van der Waals surface area contributed by atoms with Crippen LogP contribution in [0.5, 0.6) is 0 Å². The zero-order chi connectivity index (χ0) is 15.4. The maximum Gasteiger partial charge on any atom is 0.426 e. The van der Waals surface area contributed by atoms with Crippen molar-refractivity contribution in [1.82, 2.24) is 15.8 Å². The molecule has 0 bridgehead atoms. The molecule has 0 aliphatic rings. The second kappa shape index (κ2) is 6.25. The van der Waals surface area contributed by atoms with E-state index in [1.54, 1.807) is 19.9 Å². The number of carbonyl (C=O) groups excluding carboxylic acids is 2. The summed E-state index contributed by atoms with van der Waals surface area (Å²) in [7, 11) is 0. The summed E-state index contributed by atoms with van der Waals surface area (Å²) >= 11 is 0. The van der Waals surface area contributed by atoms with Gasteiger partial charge in [0.2, 0.25) is 5.91 Å². The number of H-pyrrole nitrogens is 1. The number of aromatic nitrogens is 1. The smallest absolute Gasteiger partial charge is 0.426 e. The number of hydrogen-bond acceptors (Lipinski definition) is 3. The van der Waals surface area contributed by atoms with Crippen LogP contribution in [0.25, 0.3) is 10.9 Å². The summed E-state index contributed by atoms with van der Waals surface area (Å²) in [5, 5.41) is 0.652. The fourth-order valence-electron chi connectivity index (χ4n) is 2.08. The molecule has 0 unspecified atom stereocenters. The molecule has 2 aromatic rings. The topological polar surface area (TPSA) is 83.2 Å². The van der Waals surface area contributed by atoms with Crippen molar-refractivity contribution in [3.05, 3.63) is 35.3 Å². The predicted octanol–water partition coefficient (Wildman–Crippen LogP) is 1.94. The zero-order valence-corrected chi connectivity index (χ0v) is 11.7. The molecule has 0 saturated heterocycles. The Balaban J connectivity index is 2.09. The standard InChI is InChI=1S/C14H16FN3O3/c1-3-21-14(20)18-17-13(19)7-10-8(2)16-12-5-4-9(15)6-11(10)12/h4-6,16H,3,7H2,1-2H3,(H,17,19)(H,18,20). The lowest BCUT2D eigenvalue weighted by Crippen LogP contribution is -2.42. The second-order valence-corrected chi connectivity index (χ2v) is 4.49. The van der Waals surface area contributed by atoms with Gasteiger partial charge < -0.3 is 9.72 Å². The Morgan fingerprint density at radius 2 is 2.10 bits per heavy atom. The third kappa shape index (κ3) is 3.50. The van der Waals surface area contributed by atoms with Crippen LogP contribution >= 0.6 is 0 Å². The lowest BCUT2D eigenvalue weighted by molar-refractivity contribution is -0.121. The molecule has 0 fully saturated rings. The number of amides is 2. The fraction of sp³-hybridized carbons (Fsp3) is 0.286. The molecule has 0 radical (unpaired) electrons. The summed E-state index contributed by atoms with van der Waals surface area (Å²) < 4.78 is 17.9. The van der Waals surface area contributed by atoms with Crippen LogP contribution in [0.15, 0.2) is 18.2 Å². The first-order chi connectivity index (χ1) is 10.0. The highest BCUT2D eigenvalue weighted by atomic mass is 19.1. The molecular weight excluding hydrogens is 277 g/mol. The van der Waals surface area contributed by atoms with Gasteiger partial charge in [0.25, 0.3) is 0 Å². The number of hydrogen-bond donors (Lipinski definition) is 3. The van der Waals surface area contributed by atoms with E-state index in [2.05, 4.69) is 20.6 Å². The highest BCUT2D eigenvalue weighted by Crippen LogP contribution is 2.23. The van der Waals surface area contributed by atoms with Crippen LogP contribution in [0.4, 0.5) is 9.18 Å². The summed E-state index contributed by atoms with van der Waals surface area (Å²) in [6.07, 6.45) is -0.714. The molecule has 7 heteroatoms. The number of fused-ring (bicyclic) bond motifs is 1. The minimum atomic E-state index is -0.729. The van der Waals surface area contributed by atoms with E-state index in [0.717, 1.165) is 11.2 Å². The van der Waals surface area contributed by atoms with Gasteiger partial charge in [-0.2, -0.15) is 0 Å². The van der Waals surface area contributed by atoms with E-state index in [0.29, 0.717) is 10.9 Å². The molecule has 2 amide bonds. The Morgan fingerprint density at radius 3 is 2.81 bits per heavy atom. The van der Waals surface area contributed by atoms with Crippen LogP contribution in [-0.2, 0) is 16.0 Å². The van der Waals surface area contributed by atoms with Gasteiger partial charge in [-0.25, -0.2) is 14.6 Å². The van der Waals surface area contributed by atoms with Gasteiger partial charge in [-0.05, 0) is 37.6 Å². The molecule has 1 aromatic carbocycles. The monoisotopic (exact) mass is 293 g/mol. The van der Waals surface area contributed by atoms with Crippen molar-refractivity contribution in [2.75, 3.05) is 6.61 Å². The average molecular weight is 293 g/mol. The van der Waals surface area contributed by atoms with Crippen molar-refractivity contribution in [3.63, 3.8) is 0 Å². The Labute approximate surface area is 120 Å². The van der Waals surface area contributed by atoms with Gasteiger partial charge in [0.05, 0.1) is 13.0 Å². The van der Waals surface area contributed by atoms with Gasteiger partial charge >= 0.3 is 6.09 Å². The van der Waals surface area contributed by atoms with Gasteiger partial charge in [0.15, 0.2) is 0 Å². The molecular formula is C14H16FN3O3. The molecule has 0 saturated carbocycles. The van der Waals surface area contributed by atoms with Gasteiger partial charge in [-0.15, -0.1) is 0 Å².